The van der Waals surface area contributed by atoms with Crippen LogP contribution >= 0.6 is 11.6 Å². The van der Waals surface area contributed by atoms with Crippen LogP contribution in [0.5, 0.6) is 0 Å². The van der Waals surface area contributed by atoms with E-state index in [0.717, 1.165) is 12.8 Å². The number of carbonyl (C=O) groups excluding carboxylic acids is 1. The molecule has 2 heteroatoms. The smallest absolute Gasteiger partial charge is 0.221 e. The summed E-state index contributed by atoms with van der Waals surface area (Å²) in [4.78, 5) is 10.5. The largest absolute Gasteiger partial charge is 0.281 e. The van der Waals surface area contributed by atoms with Crippen molar-refractivity contribution in [3.05, 3.63) is 35.9 Å². The average molecular weight is 367 g/mol. The van der Waals surface area contributed by atoms with Crippen LogP contribution in [0, 0.1) is 6.92 Å². The molecule has 0 aromatic heterocycles. The molecular weight excluding hydrogens is 328 g/mol. The molecule has 0 aliphatic carbocycles. The summed E-state index contributed by atoms with van der Waals surface area (Å²) >= 11 is 5.28. The topological polar surface area (TPSA) is 17.1 Å². The van der Waals surface area contributed by atoms with Gasteiger partial charge in [-0.1, -0.05) is 120 Å². The highest BCUT2D eigenvalue weighted by Gasteiger charge is 1.96. The van der Waals surface area contributed by atoms with Crippen molar-refractivity contribution >= 4 is 16.8 Å². The second-order valence-electron chi connectivity index (χ2n) is 7.00. The van der Waals surface area contributed by atoms with Gasteiger partial charge in [0.05, 0.1) is 0 Å². The Morgan fingerprint density at radius 2 is 1.12 bits per heavy atom. The Morgan fingerprint density at radius 3 is 1.44 bits per heavy atom. The van der Waals surface area contributed by atoms with Gasteiger partial charge in [0.2, 0.25) is 5.24 Å². The third-order valence-corrected chi connectivity index (χ3v) is 4.61. The molecule has 0 saturated heterocycles. The van der Waals surface area contributed by atoms with Crippen LogP contribution in [0.15, 0.2) is 30.3 Å². The van der Waals surface area contributed by atoms with Gasteiger partial charge in [-0.3, -0.25) is 4.79 Å². The van der Waals surface area contributed by atoms with E-state index in [1.807, 2.05) is 18.2 Å². The molecule has 0 unspecified atom stereocenters. The number of hydrogen-bond donors (Lipinski definition) is 0. The Bertz CT molecular complexity index is 388. The maximum Gasteiger partial charge on any atom is 0.221 e. The molecule has 0 bridgehead atoms. The Balaban J connectivity index is 0.000000676. The first kappa shape index (κ1) is 24.2. The number of hydrogen-bond acceptors (Lipinski definition) is 1. The Kier molecular flexibility index (Phi) is 18.9. The van der Waals surface area contributed by atoms with Gasteiger partial charge in [0, 0.05) is 6.42 Å². The van der Waals surface area contributed by atoms with Gasteiger partial charge in [-0.05, 0) is 24.9 Å². The fourth-order valence-corrected chi connectivity index (χ4v) is 2.95. The molecule has 0 atom stereocenters. The maximum atomic E-state index is 10.5. The molecule has 25 heavy (non-hydrogen) atoms. The molecule has 0 radical (unpaired) electrons. The number of rotatable bonds is 14. The van der Waals surface area contributed by atoms with Crippen molar-refractivity contribution in [1.82, 2.24) is 0 Å². The van der Waals surface area contributed by atoms with Crippen LogP contribution in [0.4, 0.5) is 0 Å². The molecule has 0 heterocycles. The van der Waals surface area contributed by atoms with E-state index in [4.69, 9.17) is 11.6 Å². The fraction of sp³-hybridized carbons (Fsp3) is 0.696. The lowest BCUT2D eigenvalue weighted by Crippen LogP contribution is -1.86. The Labute approximate surface area is 161 Å². The fourth-order valence-electron chi connectivity index (χ4n) is 2.82. The molecule has 0 spiro atoms. The van der Waals surface area contributed by atoms with Crippen molar-refractivity contribution in [3.8, 4) is 0 Å². The van der Waals surface area contributed by atoms with Gasteiger partial charge >= 0.3 is 0 Å². The van der Waals surface area contributed by atoms with E-state index in [1.165, 1.54) is 76.2 Å². The molecule has 0 saturated carbocycles. The molecule has 0 N–H and O–H groups in total. The minimum atomic E-state index is -0.182. The highest BCUT2D eigenvalue weighted by atomic mass is 35.5. The van der Waals surface area contributed by atoms with Gasteiger partial charge in [-0.2, -0.15) is 0 Å². The molecule has 1 aromatic rings. The zero-order valence-corrected chi connectivity index (χ0v) is 17.3. The lowest BCUT2D eigenvalue weighted by Gasteiger charge is -2.02. The SMILES string of the molecule is CCCCCCCCCCCCCCCC(=O)Cl.Cc1ccccc1. The molecule has 1 nitrogen and oxygen atoms in total. The molecule has 0 aliphatic heterocycles. The lowest BCUT2D eigenvalue weighted by molar-refractivity contribution is -0.111. The number of benzene rings is 1. The van der Waals surface area contributed by atoms with Crippen LogP contribution in [-0.4, -0.2) is 5.24 Å². The van der Waals surface area contributed by atoms with E-state index in [2.05, 4.69) is 26.0 Å². The number of unbranched alkanes of at least 4 members (excludes halogenated alkanes) is 12. The standard InChI is InChI=1S/C16H31ClO.C7H8/c1-2-3-4-5-6-7-8-9-10-11-12-13-14-15-16(17)18;1-7-5-3-2-4-6-7/h2-15H2,1H3;2-6H,1H3. The summed E-state index contributed by atoms with van der Waals surface area (Å²) in [5.74, 6) is 0. The van der Waals surface area contributed by atoms with Crippen LogP contribution in [0.25, 0.3) is 0 Å². The molecule has 1 rings (SSSR count). The number of aryl methyl sites for hydroxylation is 1. The van der Waals surface area contributed by atoms with Gasteiger partial charge in [-0.15, -0.1) is 0 Å². The average Bonchev–Trinajstić information content (AvgIpc) is 2.60. The summed E-state index contributed by atoms with van der Waals surface area (Å²) in [7, 11) is 0. The summed E-state index contributed by atoms with van der Waals surface area (Å²) < 4.78 is 0. The van der Waals surface area contributed by atoms with Gasteiger partial charge in [0.25, 0.3) is 0 Å². The van der Waals surface area contributed by atoms with Crippen molar-refractivity contribution in [2.75, 3.05) is 0 Å². The van der Waals surface area contributed by atoms with E-state index in [0.29, 0.717) is 6.42 Å². The van der Waals surface area contributed by atoms with Crippen molar-refractivity contribution < 1.29 is 4.79 Å². The van der Waals surface area contributed by atoms with Crippen molar-refractivity contribution in [2.45, 2.75) is 104 Å². The highest BCUT2D eigenvalue weighted by molar-refractivity contribution is 6.63. The first-order valence-electron chi connectivity index (χ1n) is 10.4. The quantitative estimate of drug-likeness (QED) is 0.239. The number of carbonyl (C=O) groups is 1. The minimum absolute atomic E-state index is 0.182. The molecular formula is C23H39ClO. The summed E-state index contributed by atoms with van der Waals surface area (Å²) in [5.41, 5.74) is 1.32. The van der Waals surface area contributed by atoms with Gasteiger partial charge < -0.3 is 0 Å². The van der Waals surface area contributed by atoms with Crippen LogP contribution in [0.1, 0.15) is 102 Å². The van der Waals surface area contributed by atoms with E-state index in [9.17, 15) is 4.79 Å². The highest BCUT2D eigenvalue weighted by Crippen LogP contribution is 2.13. The predicted octanol–water partition coefficient (Wildman–Crippen LogP) is 8.23. The second-order valence-corrected chi connectivity index (χ2v) is 7.42. The van der Waals surface area contributed by atoms with E-state index >= 15 is 0 Å². The van der Waals surface area contributed by atoms with Crippen molar-refractivity contribution in [1.29, 1.82) is 0 Å². The van der Waals surface area contributed by atoms with Crippen LogP contribution in [0.3, 0.4) is 0 Å². The van der Waals surface area contributed by atoms with Crippen molar-refractivity contribution in [3.63, 3.8) is 0 Å². The summed E-state index contributed by atoms with van der Waals surface area (Å²) in [6, 6.07) is 10.3. The van der Waals surface area contributed by atoms with Gasteiger partial charge in [-0.25, -0.2) is 0 Å². The van der Waals surface area contributed by atoms with Crippen LogP contribution in [-0.2, 0) is 4.79 Å². The van der Waals surface area contributed by atoms with E-state index < -0.39 is 0 Å². The monoisotopic (exact) mass is 366 g/mol. The second kappa shape index (κ2) is 19.5. The molecule has 0 aliphatic rings. The molecule has 0 fully saturated rings. The zero-order valence-electron chi connectivity index (χ0n) is 16.6. The third-order valence-electron chi connectivity index (χ3n) is 4.42. The van der Waals surface area contributed by atoms with Crippen molar-refractivity contribution in [2.24, 2.45) is 0 Å². The Hall–Kier alpha value is -0.820. The molecule has 0 amide bonds. The van der Waals surface area contributed by atoms with E-state index in [1.54, 1.807) is 0 Å². The summed E-state index contributed by atoms with van der Waals surface area (Å²) in [6.07, 6.45) is 17.9. The first-order valence-corrected chi connectivity index (χ1v) is 10.7. The molecule has 1 aromatic carbocycles. The minimum Gasteiger partial charge on any atom is -0.281 e. The summed E-state index contributed by atoms with van der Waals surface area (Å²) in [6.45, 7) is 4.35. The Morgan fingerprint density at radius 1 is 0.720 bits per heavy atom. The summed E-state index contributed by atoms with van der Waals surface area (Å²) in [5, 5.41) is -0.182. The first-order chi connectivity index (χ1) is 12.2. The third kappa shape index (κ3) is 21.1. The zero-order chi connectivity index (χ0) is 18.6. The van der Waals surface area contributed by atoms with Crippen LogP contribution in [0.2, 0.25) is 0 Å². The maximum absolute atomic E-state index is 10.5. The molecule has 144 valence electrons. The van der Waals surface area contributed by atoms with Gasteiger partial charge in [0.1, 0.15) is 0 Å². The van der Waals surface area contributed by atoms with Gasteiger partial charge in [0.15, 0.2) is 0 Å². The van der Waals surface area contributed by atoms with E-state index in [-0.39, 0.29) is 5.24 Å². The van der Waals surface area contributed by atoms with Crippen LogP contribution < -0.4 is 0 Å². The number of halogens is 1. The lowest BCUT2D eigenvalue weighted by atomic mass is 10.0. The normalized spacial score (nSPS) is 10.2. The predicted molar refractivity (Wildman–Crippen MR) is 112 cm³/mol.